The number of pyridine rings is 1. The molecule has 5 heteroatoms. The molecule has 0 spiro atoms. The summed E-state index contributed by atoms with van der Waals surface area (Å²) in [6.45, 7) is 0.398. The van der Waals surface area contributed by atoms with E-state index in [4.69, 9.17) is 10.00 Å². The molecule has 1 aromatic carbocycles. The fourth-order valence-corrected chi connectivity index (χ4v) is 1.72. The van der Waals surface area contributed by atoms with Gasteiger partial charge in [-0.15, -0.1) is 0 Å². The molecule has 1 heterocycles. The van der Waals surface area contributed by atoms with Crippen LogP contribution in [0.2, 0.25) is 0 Å². The van der Waals surface area contributed by atoms with Gasteiger partial charge in [-0.05, 0) is 18.2 Å². The highest BCUT2D eigenvalue weighted by atomic mass is 19.1. The van der Waals surface area contributed by atoms with Gasteiger partial charge < -0.3 is 10.1 Å². The monoisotopic (exact) mass is 257 g/mol. The van der Waals surface area contributed by atoms with Crippen LogP contribution in [0.1, 0.15) is 11.1 Å². The third-order valence-electron chi connectivity index (χ3n) is 2.64. The Morgan fingerprint density at radius 1 is 1.37 bits per heavy atom. The molecule has 0 aliphatic carbocycles. The van der Waals surface area contributed by atoms with Gasteiger partial charge in [0.25, 0.3) is 0 Å². The summed E-state index contributed by atoms with van der Waals surface area (Å²) in [6.07, 6.45) is 1.63. The lowest BCUT2D eigenvalue weighted by molar-refractivity contribution is 0.393. The number of nitrogens with zero attached hydrogens (tertiary/aromatic N) is 2. The van der Waals surface area contributed by atoms with Crippen molar-refractivity contribution in [2.45, 2.75) is 6.54 Å². The first-order chi connectivity index (χ1) is 9.26. The zero-order valence-electron chi connectivity index (χ0n) is 10.4. The quantitative estimate of drug-likeness (QED) is 0.914. The first kappa shape index (κ1) is 12.8. The molecule has 0 saturated carbocycles. The van der Waals surface area contributed by atoms with Crippen LogP contribution < -0.4 is 10.1 Å². The number of anilines is 1. The lowest BCUT2D eigenvalue weighted by Crippen LogP contribution is -2.04. The van der Waals surface area contributed by atoms with Crippen LogP contribution >= 0.6 is 0 Å². The summed E-state index contributed by atoms with van der Waals surface area (Å²) < 4.78 is 18.5. The summed E-state index contributed by atoms with van der Waals surface area (Å²) in [4.78, 5) is 4.07. The van der Waals surface area contributed by atoms with Crippen LogP contribution in [0.3, 0.4) is 0 Å². The van der Waals surface area contributed by atoms with Gasteiger partial charge in [0.2, 0.25) is 5.88 Å². The molecule has 0 radical (unpaired) electrons. The number of methoxy groups -OCH3 is 1. The van der Waals surface area contributed by atoms with Crippen molar-refractivity contribution in [1.29, 1.82) is 5.26 Å². The summed E-state index contributed by atoms with van der Waals surface area (Å²) in [7, 11) is 1.54. The van der Waals surface area contributed by atoms with E-state index in [1.807, 2.05) is 12.1 Å². The maximum absolute atomic E-state index is 13.4. The van der Waals surface area contributed by atoms with Crippen molar-refractivity contribution >= 4 is 5.69 Å². The van der Waals surface area contributed by atoms with Crippen LogP contribution in [0.25, 0.3) is 0 Å². The van der Waals surface area contributed by atoms with Crippen molar-refractivity contribution in [2.75, 3.05) is 12.4 Å². The Bertz CT molecular complexity index is 622. The zero-order chi connectivity index (χ0) is 13.7. The summed E-state index contributed by atoms with van der Waals surface area (Å²) in [5.41, 5.74) is 1.29. The van der Waals surface area contributed by atoms with Gasteiger partial charge >= 0.3 is 0 Å². The van der Waals surface area contributed by atoms with Crippen LogP contribution in [0.15, 0.2) is 36.5 Å². The van der Waals surface area contributed by atoms with Crippen molar-refractivity contribution in [2.24, 2.45) is 0 Å². The van der Waals surface area contributed by atoms with Crippen LogP contribution in [-0.2, 0) is 6.54 Å². The highest BCUT2D eigenvalue weighted by Gasteiger charge is 2.08. The normalized spacial score (nSPS) is 9.74. The Morgan fingerprint density at radius 3 is 2.95 bits per heavy atom. The van der Waals surface area contributed by atoms with E-state index in [9.17, 15) is 4.39 Å². The summed E-state index contributed by atoms with van der Waals surface area (Å²) in [5.74, 6) is -0.0319. The molecule has 19 heavy (non-hydrogen) atoms. The van der Waals surface area contributed by atoms with Crippen molar-refractivity contribution in [3.63, 3.8) is 0 Å². The van der Waals surface area contributed by atoms with Crippen molar-refractivity contribution < 1.29 is 9.13 Å². The molecule has 0 amide bonds. The molecule has 2 aromatic rings. The fraction of sp³-hybridized carbons (Fsp3) is 0.143. The van der Waals surface area contributed by atoms with Gasteiger partial charge in [0, 0.05) is 18.3 Å². The van der Waals surface area contributed by atoms with Gasteiger partial charge in [0.1, 0.15) is 17.4 Å². The third-order valence-corrected chi connectivity index (χ3v) is 2.64. The minimum atomic E-state index is -0.536. The number of halogens is 1. The second-order valence-electron chi connectivity index (χ2n) is 3.80. The number of aromatic nitrogens is 1. The number of nitrogens with one attached hydrogen (secondary N) is 1. The molecule has 4 nitrogen and oxygen atoms in total. The lowest BCUT2D eigenvalue weighted by Gasteiger charge is -2.10. The van der Waals surface area contributed by atoms with Crippen LogP contribution in [0.5, 0.6) is 5.88 Å². The standard InChI is InChI=1S/C14H12FN3O/c1-19-14-10(4-3-7-17-14)9-18-13-6-2-5-12(15)11(13)8-16/h2-7,18H,9H2,1H3. The average Bonchev–Trinajstić information content (AvgIpc) is 2.45. The Labute approximate surface area is 110 Å². The van der Waals surface area contributed by atoms with Gasteiger partial charge in [-0.2, -0.15) is 5.26 Å². The minimum Gasteiger partial charge on any atom is -0.481 e. The molecule has 0 aliphatic heterocycles. The summed E-state index contributed by atoms with van der Waals surface area (Å²) in [6, 6.07) is 9.95. The second kappa shape index (κ2) is 5.83. The molecule has 0 unspecified atom stereocenters. The first-order valence-electron chi connectivity index (χ1n) is 5.66. The van der Waals surface area contributed by atoms with E-state index in [1.165, 1.54) is 13.2 Å². The highest BCUT2D eigenvalue weighted by Crippen LogP contribution is 2.20. The highest BCUT2D eigenvalue weighted by molar-refractivity contribution is 5.58. The van der Waals surface area contributed by atoms with E-state index in [1.54, 1.807) is 24.4 Å². The van der Waals surface area contributed by atoms with E-state index in [2.05, 4.69) is 10.3 Å². The van der Waals surface area contributed by atoms with E-state index >= 15 is 0 Å². The third kappa shape index (κ3) is 2.80. The average molecular weight is 257 g/mol. The second-order valence-corrected chi connectivity index (χ2v) is 3.80. The van der Waals surface area contributed by atoms with Crippen LogP contribution in [0.4, 0.5) is 10.1 Å². The SMILES string of the molecule is COc1ncccc1CNc1cccc(F)c1C#N. The molecule has 0 fully saturated rings. The van der Waals surface area contributed by atoms with Crippen molar-refractivity contribution in [3.05, 3.63) is 53.5 Å². The van der Waals surface area contributed by atoms with Crippen LogP contribution in [0, 0.1) is 17.1 Å². The molecule has 2 rings (SSSR count). The first-order valence-corrected chi connectivity index (χ1v) is 5.66. The number of hydrogen-bond donors (Lipinski definition) is 1. The van der Waals surface area contributed by atoms with Crippen LogP contribution in [-0.4, -0.2) is 12.1 Å². The Morgan fingerprint density at radius 2 is 2.21 bits per heavy atom. The predicted octanol–water partition coefficient (Wildman–Crippen LogP) is 2.71. The molecule has 1 N–H and O–H groups in total. The van der Waals surface area contributed by atoms with Crippen molar-refractivity contribution in [1.82, 2.24) is 4.98 Å². The number of ether oxygens (including phenoxy) is 1. The lowest BCUT2D eigenvalue weighted by atomic mass is 10.1. The fourth-order valence-electron chi connectivity index (χ4n) is 1.72. The number of nitriles is 1. The van der Waals surface area contributed by atoms with Gasteiger partial charge in [0.15, 0.2) is 0 Å². The van der Waals surface area contributed by atoms with Gasteiger partial charge in [-0.25, -0.2) is 9.37 Å². The molecule has 0 aliphatic rings. The molecular weight excluding hydrogens is 245 g/mol. The molecule has 1 aromatic heterocycles. The number of rotatable bonds is 4. The molecule has 0 saturated heterocycles. The summed E-state index contributed by atoms with van der Waals surface area (Å²) >= 11 is 0. The molecular formula is C14H12FN3O. The topological polar surface area (TPSA) is 57.9 Å². The van der Waals surface area contributed by atoms with E-state index in [0.717, 1.165) is 5.56 Å². The molecule has 0 atom stereocenters. The Hall–Kier alpha value is -2.61. The number of benzene rings is 1. The van der Waals surface area contributed by atoms with E-state index in [-0.39, 0.29) is 5.56 Å². The smallest absolute Gasteiger partial charge is 0.218 e. The van der Waals surface area contributed by atoms with Crippen molar-refractivity contribution in [3.8, 4) is 11.9 Å². The maximum Gasteiger partial charge on any atom is 0.218 e. The zero-order valence-corrected chi connectivity index (χ0v) is 10.4. The number of hydrogen-bond acceptors (Lipinski definition) is 4. The largest absolute Gasteiger partial charge is 0.481 e. The Balaban J connectivity index is 2.20. The molecule has 96 valence electrons. The summed E-state index contributed by atoms with van der Waals surface area (Å²) in [5, 5.41) is 11.9. The molecule has 0 bridgehead atoms. The predicted molar refractivity (Wildman–Crippen MR) is 69.2 cm³/mol. The maximum atomic E-state index is 13.4. The van der Waals surface area contributed by atoms with Gasteiger partial charge in [-0.1, -0.05) is 12.1 Å². The van der Waals surface area contributed by atoms with Gasteiger partial charge in [0.05, 0.1) is 12.8 Å². The van der Waals surface area contributed by atoms with E-state index < -0.39 is 5.82 Å². The Kier molecular flexibility index (Phi) is 3.94. The van der Waals surface area contributed by atoms with E-state index in [0.29, 0.717) is 18.1 Å². The van der Waals surface area contributed by atoms with Gasteiger partial charge in [-0.3, -0.25) is 0 Å². The minimum absolute atomic E-state index is 0.00496.